The van der Waals surface area contributed by atoms with E-state index in [0.29, 0.717) is 0 Å². The van der Waals surface area contributed by atoms with Crippen LogP contribution in [-0.2, 0) is 9.53 Å². The van der Waals surface area contributed by atoms with Crippen molar-refractivity contribution in [1.29, 1.82) is 0 Å². The molecule has 3 atom stereocenters. The lowest BCUT2D eigenvalue weighted by molar-refractivity contribution is -0.149. The Morgan fingerprint density at radius 3 is 2.50 bits per heavy atom. The molecule has 58 valence electrons. The topological polar surface area (TPSA) is 66.8 Å². The Labute approximate surface area is 58.4 Å². The van der Waals surface area contributed by atoms with Gasteiger partial charge in [0.05, 0.1) is 12.2 Å². The highest BCUT2D eigenvalue weighted by molar-refractivity contribution is 5.72. The highest BCUT2D eigenvalue weighted by Crippen LogP contribution is 2.19. The zero-order valence-electron chi connectivity index (χ0n) is 5.65. The van der Waals surface area contributed by atoms with Crippen molar-refractivity contribution < 1.29 is 19.7 Å². The molecule has 0 aliphatic carbocycles. The second kappa shape index (κ2) is 2.56. The lowest BCUT2D eigenvalue weighted by atomic mass is 10.1. The summed E-state index contributed by atoms with van der Waals surface area (Å²) in [5, 5.41) is 17.4. The minimum atomic E-state index is -0.997. The van der Waals surface area contributed by atoms with Gasteiger partial charge in [-0.05, 0) is 6.92 Å². The molecule has 0 bridgehead atoms. The Morgan fingerprint density at radius 1 is 1.70 bits per heavy atom. The maximum absolute atomic E-state index is 10.3. The summed E-state index contributed by atoms with van der Waals surface area (Å²) in [7, 11) is 0. The molecule has 10 heavy (non-hydrogen) atoms. The van der Waals surface area contributed by atoms with E-state index in [2.05, 4.69) is 0 Å². The normalized spacial score (nSPS) is 40.0. The van der Waals surface area contributed by atoms with Gasteiger partial charge in [-0.3, -0.25) is 0 Å². The minimum Gasteiger partial charge on any atom is -0.479 e. The average Bonchev–Trinajstić information content (AvgIpc) is 2.13. The van der Waals surface area contributed by atoms with E-state index >= 15 is 0 Å². The number of ether oxygens (including phenoxy) is 1. The predicted octanol–water partition coefficient (Wildman–Crippen LogP) is -0.391. The Kier molecular flexibility index (Phi) is 1.92. The van der Waals surface area contributed by atoms with Gasteiger partial charge in [0.15, 0.2) is 6.10 Å². The summed E-state index contributed by atoms with van der Waals surface area (Å²) in [6.45, 7) is 1.66. The summed E-state index contributed by atoms with van der Waals surface area (Å²) in [4.78, 5) is 10.3. The van der Waals surface area contributed by atoms with Crippen molar-refractivity contribution in [3.05, 3.63) is 0 Å². The van der Waals surface area contributed by atoms with Crippen LogP contribution in [0.3, 0.4) is 0 Å². The molecule has 0 amide bonds. The molecule has 0 radical (unpaired) electrons. The zero-order valence-corrected chi connectivity index (χ0v) is 5.65. The van der Waals surface area contributed by atoms with Crippen molar-refractivity contribution in [3.8, 4) is 0 Å². The maximum atomic E-state index is 10.3. The highest BCUT2D eigenvalue weighted by Gasteiger charge is 2.34. The van der Waals surface area contributed by atoms with Crippen molar-refractivity contribution in [1.82, 2.24) is 0 Å². The molecule has 1 heterocycles. The van der Waals surface area contributed by atoms with E-state index in [-0.39, 0.29) is 12.5 Å². The van der Waals surface area contributed by atoms with Crippen molar-refractivity contribution in [2.24, 2.45) is 0 Å². The quantitative estimate of drug-likeness (QED) is 0.528. The van der Waals surface area contributed by atoms with Crippen LogP contribution in [0, 0.1) is 0 Å². The molecule has 0 aromatic rings. The van der Waals surface area contributed by atoms with E-state index in [1.54, 1.807) is 6.92 Å². The largest absolute Gasteiger partial charge is 0.479 e. The minimum absolute atomic E-state index is 0.205. The molecule has 1 rings (SSSR count). The molecule has 3 unspecified atom stereocenters. The monoisotopic (exact) mass is 146 g/mol. The Morgan fingerprint density at radius 2 is 2.30 bits per heavy atom. The van der Waals surface area contributed by atoms with Gasteiger partial charge in [-0.2, -0.15) is 0 Å². The number of carboxylic acid groups (broad SMARTS) is 1. The third-order valence-corrected chi connectivity index (χ3v) is 1.65. The van der Waals surface area contributed by atoms with Crippen molar-refractivity contribution in [2.45, 2.75) is 31.7 Å². The predicted molar refractivity (Wildman–Crippen MR) is 32.6 cm³/mol. The van der Waals surface area contributed by atoms with Crippen LogP contribution in [0.2, 0.25) is 0 Å². The van der Waals surface area contributed by atoms with Gasteiger partial charge in [0.25, 0.3) is 0 Å². The van der Waals surface area contributed by atoms with Crippen LogP contribution in [0.4, 0.5) is 0 Å². The van der Waals surface area contributed by atoms with Gasteiger partial charge in [0, 0.05) is 6.42 Å². The summed E-state index contributed by atoms with van der Waals surface area (Å²) in [5.41, 5.74) is 0. The molecule has 0 spiro atoms. The number of aliphatic carboxylic acids is 1. The van der Waals surface area contributed by atoms with E-state index in [4.69, 9.17) is 14.9 Å². The smallest absolute Gasteiger partial charge is 0.332 e. The molecule has 0 aromatic heterocycles. The second-order valence-electron chi connectivity index (χ2n) is 2.47. The molecule has 1 fully saturated rings. The van der Waals surface area contributed by atoms with Gasteiger partial charge in [-0.15, -0.1) is 0 Å². The molecule has 4 heteroatoms. The Balaban J connectivity index is 2.49. The van der Waals surface area contributed by atoms with E-state index in [1.807, 2.05) is 0 Å². The first-order valence-corrected chi connectivity index (χ1v) is 3.17. The lowest BCUT2D eigenvalue weighted by Gasteiger charge is -2.04. The van der Waals surface area contributed by atoms with Gasteiger partial charge < -0.3 is 14.9 Å². The van der Waals surface area contributed by atoms with Crippen LogP contribution in [0.5, 0.6) is 0 Å². The molecule has 4 nitrogen and oxygen atoms in total. The third-order valence-electron chi connectivity index (χ3n) is 1.65. The van der Waals surface area contributed by atoms with Crippen LogP contribution in [0.15, 0.2) is 0 Å². The van der Waals surface area contributed by atoms with Crippen LogP contribution in [0.25, 0.3) is 0 Å². The number of aliphatic hydroxyl groups is 1. The van der Waals surface area contributed by atoms with Gasteiger partial charge in [0.2, 0.25) is 0 Å². The summed E-state index contributed by atoms with van der Waals surface area (Å²) in [6, 6.07) is 0. The number of hydrogen-bond donors (Lipinski definition) is 2. The first-order chi connectivity index (χ1) is 4.61. The van der Waals surface area contributed by atoms with Crippen LogP contribution in [-0.4, -0.2) is 34.5 Å². The number of carboxylic acids is 1. The number of carbonyl (C=O) groups is 1. The molecule has 0 aromatic carbocycles. The highest BCUT2D eigenvalue weighted by atomic mass is 16.5. The van der Waals surface area contributed by atoms with Crippen molar-refractivity contribution in [2.75, 3.05) is 0 Å². The summed E-state index contributed by atoms with van der Waals surface area (Å²) in [6.07, 6.45) is -1.58. The molecular weight excluding hydrogens is 136 g/mol. The maximum Gasteiger partial charge on any atom is 0.332 e. The van der Waals surface area contributed by atoms with E-state index < -0.39 is 18.2 Å². The number of aliphatic hydroxyl groups excluding tert-OH is 1. The Hall–Kier alpha value is -0.610. The molecule has 2 N–H and O–H groups in total. The van der Waals surface area contributed by atoms with Crippen molar-refractivity contribution in [3.63, 3.8) is 0 Å². The summed E-state index contributed by atoms with van der Waals surface area (Å²) < 4.78 is 4.89. The van der Waals surface area contributed by atoms with Crippen LogP contribution < -0.4 is 0 Å². The van der Waals surface area contributed by atoms with Crippen LogP contribution in [0.1, 0.15) is 13.3 Å². The van der Waals surface area contributed by atoms with Gasteiger partial charge in [-0.1, -0.05) is 0 Å². The molecule has 0 saturated carbocycles. The average molecular weight is 146 g/mol. The van der Waals surface area contributed by atoms with E-state index in [9.17, 15) is 4.79 Å². The van der Waals surface area contributed by atoms with E-state index in [0.717, 1.165) is 0 Å². The molecule has 1 saturated heterocycles. The molecule has 1 aliphatic rings. The number of rotatable bonds is 1. The third kappa shape index (κ3) is 1.27. The summed E-state index contributed by atoms with van der Waals surface area (Å²) in [5.74, 6) is -0.997. The van der Waals surface area contributed by atoms with Gasteiger partial charge in [0.1, 0.15) is 0 Å². The number of hydrogen-bond acceptors (Lipinski definition) is 3. The fourth-order valence-corrected chi connectivity index (χ4v) is 0.975. The lowest BCUT2D eigenvalue weighted by Crippen LogP contribution is -2.19. The fraction of sp³-hybridized carbons (Fsp3) is 0.833. The molecular formula is C6H10O4. The first kappa shape index (κ1) is 7.50. The van der Waals surface area contributed by atoms with Crippen LogP contribution >= 0.6 is 0 Å². The zero-order chi connectivity index (χ0) is 7.72. The van der Waals surface area contributed by atoms with Crippen molar-refractivity contribution >= 4 is 5.97 Å². The summed E-state index contributed by atoms with van der Waals surface area (Å²) >= 11 is 0. The fourth-order valence-electron chi connectivity index (χ4n) is 0.975. The standard InChI is InChI=1S/C6H10O4/c1-3-4(7)2-5(10-3)6(8)9/h3-5,7H,2H2,1H3,(H,8,9). The van der Waals surface area contributed by atoms with Gasteiger partial charge >= 0.3 is 5.97 Å². The molecule has 1 aliphatic heterocycles. The second-order valence-corrected chi connectivity index (χ2v) is 2.47. The Bertz CT molecular complexity index is 135. The van der Waals surface area contributed by atoms with E-state index in [1.165, 1.54) is 0 Å². The first-order valence-electron chi connectivity index (χ1n) is 3.17. The SMILES string of the molecule is CC1OC(C(=O)O)CC1O. The van der Waals surface area contributed by atoms with Gasteiger partial charge in [-0.25, -0.2) is 4.79 Å².